The van der Waals surface area contributed by atoms with Crippen molar-refractivity contribution in [3.8, 4) is 0 Å². The number of hydrogen-bond donors (Lipinski definition) is 1. The van der Waals surface area contributed by atoms with E-state index < -0.39 is 18.5 Å². The van der Waals surface area contributed by atoms with Crippen molar-refractivity contribution in [1.82, 2.24) is 0 Å². The summed E-state index contributed by atoms with van der Waals surface area (Å²) in [6.45, 7) is 0.630. The summed E-state index contributed by atoms with van der Waals surface area (Å²) in [5.74, 6) is -3.84. The van der Waals surface area contributed by atoms with Crippen molar-refractivity contribution < 1.29 is 23.4 Å². The van der Waals surface area contributed by atoms with Gasteiger partial charge in [-0.15, -0.1) is 0 Å². The molecule has 0 saturated heterocycles. The summed E-state index contributed by atoms with van der Waals surface area (Å²) in [5.41, 5.74) is -0.123. The van der Waals surface area contributed by atoms with Crippen LogP contribution in [0.2, 0.25) is 0 Å². The van der Waals surface area contributed by atoms with E-state index in [0.717, 1.165) is 12.1 Å². The molecule has 0 aliphatic heterocycles. The predicted molar refractivity (Wildman–Crippen MR) is 53.4 cm³/mol. The molecular formula is C11H12F2O3. The Morgan fingerprint density at radius 1 is 1.38 bits per heavy atom. The van der Waals surface area contributed by atoms with Crippen LogP contribution in [-0.2, 0) is 10.7 Å². The molecule has 1 N–H and O–H groups in total. The first-order valence-corrected chi connectivity index (χ1v) is 4.77. The van der Waals surface area contributed by atoms with Crippen LogP contribution in [0.15, 0.2) is 24.3 Å². The second-order valence-electron chi connectivity index (χ2n) is 3.16. The van der Waals surface area contributed by atoms with Gasteiger partial charge < -0.3 is 9.84 Å². The number of carbonyl (C=O) groups is 1. The molecule has 16 heavy (non-hydrogen) atoms. The highest BCUT2D eigenvalue weighted by Gasteiger charge is 2.30. The van der Waals surface area contributed by atoms with Gasteiger partial charge in [-0.2, -0.15) is 8.78 Å². The van der Waals surface area contributed by atoms with Crippen LogP contribution < -0.4 is 0 Å². The average Bonchev–Trinajstić information content (AvgIpc) is 2.29. The van der Waals surface area contributed by atoms with Crippen LogP contribution in [0.1, 0.15) is 22.8 Å². The van der Waals surface area contributed by atoms with E-state index in [9.17, 15) is 13.6 Å². The number of alkyl halides is 2. The Morgan fingerprint density at radius 3 is 2.38 bits per heavy atom. The second-order valence-corrected chi connectivity index (χ2v) is 3.16. The molecule has 1 rings (SSSR count). The molecule has 0 atom stereocenters. The van der Waals surface area contributed by atoms with Gasteiger partial charge in [0.05, 0.1) is 12.2 Å². The Bertz CT molecular complexity index is 360. The molecule has 0 heterocycles. The van der Waals surface area contributed by atoms with Crippen LogP contribution in [0.4, 0.5) is 8.78 Å². The van der Waals surface area contributed by atoms with Gasteiger partial charge >= 0.3 is 5.97 Å². The summed E-state index contributed by atoms with van der Waals surface area (Å²) in [6, 6.07) is 4.69. The maximum Gasteiger partial charge on any atom is 0.338 e. The summed E-state index contributed by atoms with van der Waals surface area (Å²) < 4.78 is 30.7. The fraction of sp³-hybridized carbons (Fsp3) is 0.364. The van der Waals surface area contributed by atoms with Crippen LogP contribution in [0.5, 0.6) is 0 Å². The molecule has 88 valence electrons. The Labute approximate surface area is 91.7 Å². The molecule has 0 aromatic heterocycles. The van der Waals surface area contributed by atoms with Gasteiger partial charge in [-0.25, -0.2) is 4.79 Å². The first-order chi connectivity index (χ1) is 7.51. The maximum absolute atomic E-state index is 13.0. The lowest BCUT2D eigenvalue weighted by atomic mass is 10.1. The van der Waals surface area contributed by atoms with Crippen LogP contribution in [-0.4, -0.2) is 24.3 Å². The van der Waals surface area contributed by atoms with Gasteiger partial charge in [0.25, 0.3) is 5.92 Å². The van der Waals surface area contributed by atoms with Gasteiger partial charge in [0.2, 0.25) is 0 Å². The molecule has 0 aliphatic carbocycles. The first kappa shape index (κ1) is 12.6. The van der Waals surface area contributed by atoms with E-state index >= 15 is 0 Å². The van der Waals surface area contributed by atoms with Crippen LogP contribution in [0.3, 0.4) is 0 Å². The van der Waals surface area contributed by atoms with E-state index in [1.807, 2.05) is 0 Å². The molecule has 1 aromatic rings. The van der Waals surface area contributed by atoms with E-state index in [-0.39, 0.29) is 17.7 Å². The quantitative estimate of drug-likeness (QED) is 0.804. The topological polar surface area (TPSA) is 46.5 Å². The number of esters is 1. The first-order valence-electron chi connectivity index (χ1n) is 4.77. The Morgan fingerprint density at radius 2 is 1.94 bits per heavy atom. The standard InChI is InChI=1S/C11H12F2O3/c1-2-16-10(15)8-3-5-9(6-4-8)11(12,13)7-14/h3-6,14H,2,7H2,1H3. The summed E-state index contributed by atoms with van der Waals surface area (Å²) in [4.78, 5) is 11.2. The SMILES string of the molecule is CCOC(=O)c1ccc(C(F)(F)CO)cc1. The molecule has 0 radical (unpaired) electrons. The Kier molecular flexibility index (Phi) is 3.95. The number of halogens is 2. The molecule has 0 amide bonds. The number of aliphatic hydroxyl groups is 1. The molecule has 5 heteroatoms. The molecule has 1 aromatic carbocycles. The number of rotatable bonds is 4. The fourth-order valence-electron chi connectivity index (χ4n) is 1.16. The number of hydrogen-bond acceptors (Lipinski definition) is 3. The third-order valence-electron chi connectivity index (χ3n) is 2.02. The van der Waals surface area contributed by atoms with Gasteiger partial charge in [0.15, 0.2) is 0 Å². The number of ether oxygens (including phenoxy) is 1. The fourth-order valence-corrected chi connectivity index (χ4v) is 1.16. The third-order valence-corrected chi connectivity index (χ3v) is 2.02. The smallest absolute Gasteiger partial charge is 0.338 e. The second kappa shape index (κ2) is 5.03. The number of benzene rings is 1. The number of aliphatic hydroxyl groups excluding tert-OH is 1. The van der Waals surface area contributed by atoms with Crippen molar-refractivity contribution in [2.45, 2.75) is 12.8 Å². The molecule has 0 unspecified atom stereocenters. The van der Waals surface area contributed by atoms with Gasteiger partial charge in [-0.05, 0) is 19.1 Å². The Balaban J connectivity index is 2.87. The largest absolute Gasteiger partial charge is 0.462 e. The Hall–Kier alpha value is -1.49. The summed E-state index contributed by atoms with van der Waals surface area (Å²) in [6.07, 6.45) is 0. The van der Waals surface area contributed by atoms with E-state index in [4.69, 9.17) is 9.84 Å². The average molecular weight is 230 g/mol. The predicted octanol–water partition coefficient (Wildman–Crippen LogP) is 1.95. The zero-order valence-corrected chi connectivity index (χ0v) is 8.74. The lowest BCUT2D eigenvalue weighted by Crippen LogP contribution is -2.18. The highest BCUT2D eigenvalue weighted by Crippen LogP contribution is 2.27. The van der Waals surface area contributed by atoms with Crippen molar-refractivity contribution >= 4 is 5.97 Å². The van der Waals surface area contributed by atoms with Gasteiger partial charge in [-0.3, -0.25) is 0 Å². The minimum Gasteiger partial charge on any atom is -0.462 e. The summed E-state index contributed by atoms with van der Waals surface area (Å²) in [5, 5.41) is 8.47. The molecule has 0 spiro atoms. The summed E-state index contributed by atoms with van der Waals surface area (Å²) in [7, 11) is 0. The lowest BCUT2D eigenvalue weighted by Gasteiger charge is -2.13. The van der Waals surface area contributed by atoms with Crippen LogP contribution >= 0.6 is 0 Å². The van der Waals surface area contributed by atoms with E-state index in [1.165, 1.54) is 12.1 Å². The van der Waals surface area contributed by atoms with Crippen LogP contribution in [0, 0.1) is 0 Å². The minimum absolute atomic E-state index is 0.208. The molecule has 3 nitrogen and oxygen atoms in total. The minimum atomic E-state index is -3.28. The van der Waals surface area contributed by atoms with Crippen molar-refractivity contribution in [2.24, 2.45) is 0 Å². The summed E-state index contributed by atoms with van der Waals surface area (Å²) >= 11 is 0. The molecule has 0 saturated carbocycles. The number of carbonyl (C=O) groups excluding carboxylic acids is 1. The van der Waals surface area contributed by atoms with Crippen LogP contribution in [0.25, 0.3) is 0 Å². The van der Waals surface area contributed by atoms with Crippen molar-refractivity contribution in [2.75, 3.05) is 13.2 Å². The van der Waals surface area contributed by atoms with Crippen molar-refractivity contribution in [1.29, 1.82) is 0 Å². The van der Waals surface area contributed by atoms with Crippen molar-refractivity contribution in [3.63, 3.8) is 0 Å². The van der Waals surface area contributed by atoms with E-state index in [2.05, 4.69) is 0 Å². The lowest BCUT2D eigenvalue weighted by molar-refractivity contribution is -0.0556. The van der Waals surface area contributed by atoms with E-state index in [1.54, 1.807) is 6.92 Å². The molecule has 0 aliphatic rings. The third kappa shape index (κ3) is 2.76. The highest BCUT2D eigenvalue weighted by molar-refractivity contribution is 5.89. The zero-order chi connectivity index (χ0) is 12.2. The van der Waals surface area contributed by atoms with E-state index in [0.29, 0.717) is 0 Å². The maximum atomic E-state index is 13.0. The van der Waals surface area contributed by atoms with Gasteiger partial charge in [0.1, 0.15) is 6.61 Å². The van der Waals surface area contributed by atoms with Crippen molar-refractivity contribution in [3.05, 3.63) is 35.4 Å². The normalized spacial score (nSPS) is 11.2. The molecule has 0 bridgehead atoms. The zero-order valence-electron chi connectivity index (χ0n) is 8.74. The van der Waals surface area contributed by atoms with Gasteiger partial charge in [0, 0.05) is 5.56 Å². The monoisotopic (exact) mass is 230 g/mol. The molecular weight excluding hydrogens is 218 g/mol. The molecule has 0 fully saturated rings. The van der Waals surface area contributed by atoms with Gasteiger partial charge in [-0.1, -0.05) is 12.1 Å². The highest BCUT2D eigenvalue weighted by atomic mass is 19.3.